The Balaban J connectivity index is 0.000000145. The molecule has 6 nitrogen and oxygen atoms in total. The van der Waals surface area contributed by atoms with Gasteiger partial charge >= 0.3 is 6.03 Å². The highest BCUT2D eigenvalue weighted by Crippen LogP contribution is 1.83. The molecule has 0 spiro atoms. The van der Waals surface area contributed by atoms with E-state index in [0.717, 1.165) is 0 Å². The Morgan fingerprint density at radius 1 is 1.75 bits per heavy atom. The number of nitrogens with one attached hydrogen (secondary N) is 1. The van der Waals surface area contributed by atoms with Crippen LogP contribution in [0.3, 0.4) is 0 Å². The second-order valence-electron chi connectivity index (χ2n) is 0.753. The van der Waals surface area contributed by atoms with E-state index >= 15 is 0 Å². The lowest BCUT2D eigenvalue weighted by Gasteiger charge is -1.93. The zero-order chi connectivity index (χ0) is 6.41. The fraction of sp³-hybridized carbons (Fsp3) is 0. The summed E-state index contributed by atoms with van der Waals surface area (Å²) >= 11 is 0. The number of primary amides is 1. The van der Waals surface area contributed by atoms with Gasteiger partial charge < -0.3 is 5.73 Å². The Kier molecular flexibility index (Phi) is 3.04. The molecular weight excluding hydrogens is 112 g/mol. The Morgan fingerprint density at radius 2 is 2.00 bits per heavy atom. The molecule has 1 heterocycles. The van der Waals surface area contributed by atoms with Crippen molar-refractivity contribution >= 4 is 12.4 Å². The fourth-order valence-corrected chi connectivity index (χ4v) is 0.0908. The van der Waals surface area contributed by atoms with Crippen molar-refractivity contribution in [1.29, 1.82) is 0 Å². The van der Waals surface area contributed by atoms with Gasteiger partial charge in [-0.1, -0.05) is 10.3 Å². The van der Waals surface area contributed by atoms with E-state index in [4.69, 9.17) is 4.79 Å². The normalized spacial score (nSPS) is 12.2. The summed E-state index contributed by atoms with van der Waals surface area (Å²) in [6.45, 7) is 0. The van der Waals surface area contributed by atoms with E-state index in [2.05, 4.69) is 16.1 Å². The molecule has 0 saturated heterocycles. The van der Waals surface area contributed by atoms with E-state index in [1.807, 2.05) is 5.43 Å². The predicted octanol–water partition coefficient (Wildman–Crippen LogP) is -0.822. The van der Waals surface area contributed by atoms with E-state index in [0.29, 0.717) is 0 Å². The van der Waals surface area contributed by atoms with E-state index in [1.54, 1.807) is 0 Å². The smallest absolute Gasteiger partial charge is 0.372 e. The summed E-state index contributed by atoms with van der Waals surface area (Å²) in [4.78, 5) is 18.1. The lowest BCUT2D eigenvalue weighted by molar-refractivity contribution is -0.106. The van der Waals surface area contributed by atoms with Crippen molar-refractivity contribution in [3.8, 4) is 0 Å². The Hall–Kier alpha value is -1.46. The Morgan fingerprint density at radius 3 is 2.00 bits per heavy atom. The van der Waals surface area contributed by atoms with Crippen molar-refractivity contribution in [1.82, 2.24) is 5.43 Å². The van der Waals surface area contributed by atoms with Crippen LogP contribution >= 0.6 is 0 Å². The maximum atomic E-state index is 9.53. The van der Waals surface area contributed by atoms with Crippen LogP contribution < -0.4 is 11.2 Å². The minimum absolute atomic E-state index is 0.250. The summed E-state index contributed by atoms with van der Waals surface area (Å²) in [5.74, 6) is 0. The van der Waals surface area contributed by atoms with E-state index < -0.39 is 0 Å². The number of carbonyl (C=O) groups excluding carboxylic acids is 2. The molecule has 8 heavy (non-hydrogen) atoms. The monoisotopic (exact) mass is 116 g/mol. The number of carbonyl (C=O) groups is 2. The van der Waals surface area contributed by atoms with Crippen molar-refractivity contribution in [2.24, 2.45) is 16.1 Å². The van der Waals surface area contributed by atoms with Crippen LogP contribution in [0.1, 0.15) is 0 Å². The number of rotatable bonds is 0. The molecular formula is C2H4N4O2. The molecule has 3 N–H and O–H groups in total. The summed E-state index contributed by atoms with van der Waals surface area (Å²) in [6, 6.07) is -0.356. The minimum Gasteiger partial charge on any atom is -0.372 e. The van der Waals surface area contributed by atoms with Crippen LogP contribution in [0.25, 0.3) is 0 Å². The van der Waals surface area contributed by atoms with Gasteiger partial charge in [0.25, 0.3) is 0 Å². The van der Waals surface area contributed by atoms with Gasteiger partial charge in [0, 0.05) is 0 Å². The number of amides is 3. The van der Waals surface area contributed by atoms with Gasteiger partial charge in [-0.2, -0.15) is 0 Å². The van der Waals surface area contributed by atoms with Crippen LogP contribution in [0.4, 0.5) is 4.79 Å². The standard InChI is InChI=1S/CHN3O.CH3NO/c5-1-2-4-3-1;2-1-3/h(H,2,3,5);1H,(H2,2,3). The van der Waals surface area contributed by atoms with E-state index in [-0.39, 0.29) is 12.4 Å². The van der Waals surface area contributed by atoms with Crippen LogP contribution in [0.2, 0.25) is 0 Å². The second-order valence-corrected chi connectivity index (χ2v) is 0.753. The molecule has 1 rings (SSSR count). The van der Waals surface area contributed by atoms with Crippen molar-refractivity contribution < 1.29 is 9.59 Å². The topological polar surface area (TPSA) is 96.9 Å². The molecule has 0 aromatic rings. The summed E-state index contributed by atoms with van der Waals surface area (Å²) in [6.07, 6.45) is 0.250. The largest absolute Gasteiger partial charge is 0.382 e. The van der Waals surface area contributed by atoms with Crippen LogP contribution in [0.15, 0.2) is 10.3 Å². The quantitative estimate of drug-likeness (QED) is 0.404. The van der Waals surface area contributed by atoms with Gasteiger partial charge in [0.05, 0.1) is 0 Å². The fourth-order valence-electron chi connectivity index (χ4n) is 0.0908. The van der Waals surface area contributed by atoms with E-state index in [9.17, 15) is 4.79 Å². The molecule has 0 atom stereocenters. The van der Waals surface area contributed by atoms with Gasteiger partial charge in [-0.15, -0.1) is 0 Å². The number of nitrogens with zero attached hydrogens (tertiary/aromatic N) is 2. The van der Waals surface area contributed by atoms with Gasteiger partial charge in [-0.3, -0.25) is 4.79 Å². The Labute approximate surface area is 44.7 Å². The van der Waals surface area contributed by atoms with Crippen LogP contribution in [0, 0.1) is 0 Å². The zero-order valence-electron chi connectivity index (χ0n) is 3.87. The van der Waals surface area contributed by atoms with Crippen LogP contribution in [-0.2, 0) is 4.79 Å². The first-order chi connectivity index (χ1) is 3.81. The van der Waals surface area contributed by atoms with Gasteiger partial charge in [0.15, 0.2) is 0 Å². The third-order valence-corrected chi connectivity index (χ3v) is 0.286. The predicted molar refractivity (Wildman–Crippen MR) is 23.6 cm³/mol. The average molecular weight is 116 g/mol. The molecule has 1 aliphatic rings. The van der Waals surface area contributed by atoms with Gasteiger partial charge in [0.2, 0.25) is 6.41 Å². The molecule has 0 radical (unpaired) electrons. The summed E-state index contributed by atoms with van der Waals surface area (Å²) < 4.78 is 0. The first-order valence-corrected chi connectivity index (χ1v) is 1.67. The first-order valence-electron chi connectivity index (χ1n) is 1.67. The molecule has 0 aliphatic carbocycles. The van der Waals surface area contributed by atoms with Crippen molar-refractivity contribution in [2.75, 3.05) is 0 Å². The molecule has 3 amide bonds. The number of urea groups is 1. The summed E-state index contributed by atoms with van der Waals surface area (Å²) in [5, 5.41) is 5.97. The molecule has 0 aromatic carbocycles. The third kappa shape index (κ3) is 2.76. The highest BCUT2D eigenvalue weighted by molar-refractivity contribution is 5.76. The van der Waals surface area contributed by atoms with Crippen molar-refractivity contribution in [3.05, 3.63) is 0 Å². The minimum atomic E-state index is -0.356. The lowest BCUT2D eigenvalue weighted by Crippen LogP contribution is -2.19. The van der Waals surface area contributed by atoms with Gasteiger partial charge in [-0.25, -0.2) is 10.2 Å². The van der Waals surface area contributed by atoms with E-state index in [1.165, 1.54) is 0 Å². The molecule has 0 saturated carbocycles. The lowest BCUT2D eigenvalue weighted by atomic mass is 11.1. The maximum Gasteiger partial charge on any atom is 0.382 e. The zero-order valence-corrected chi connectivity index (χ0v) is 3.87. The maximum absolute atomic E-state index is 9.53. The average Bonchev–Trinajstić information content (AvgIpc) is 1.64. The highest BCUT2D eigenvalue weighted by atomic mass is 16.2. The van der Waals surface area contributed by atoms with Crippen LogP contribution in [0.5, 0.6) is 0 Å². The molecule has 0 unspecified atom stereocenters. The first kappa shape index (κ1) is 6.54. The van der Waals surface area contributed by atoms with Crippen LogP contribution in [-0.4, -0.2) is 12.4 Å². The number of hydrogen-bond donors (Lipinski definition) is 2. The molecule has 6 heteroatoms. The molecule has 0 bridgehead atoms. The van der Waals surface area contributed by atoms with Gasteiger partial charge in [-0.05, 0) is 0 Å². The second kappa shape index (κ2) is 3.72. The molecule has 0 aromatic heterocycles. The van der Waals surface area contributed by atoms with Gasteiger partial charge in [0.1, 0.15) is 0 Å². The SMILES string of the molecule is NC=O.O=C1N=NN1. The molecule has 0 fully saturated rings. The Bertz CT molecular complexity index is 119. The molecule has 1 aliphatic heterocycles. The van der Waals surface area contributed by atoms with Crippen molar-refractivity contribution in [2.45, 2.75) is 0 Å². The number of nitrogens with two attached hydrogens (primary N) is 1. The van der Waals surface area contributed by atoms with Crippen molar-refractivity contribution in [3.63, 3.8) is 0 Å². The third-order valence-electron chi connectivity index (χ3n) is 0.286. The molecule has 44 valence electrons. The highest BCUT2D eigenvalue weighted by Gasteiger charge is 2.00. The number of hydrogen-bond acceptors (Lipinski definition) is 3. The summed E-state index contributed by atoms with van der Waals surface area (Å²) in [5.41, 5.74) is 6.19. The summed E-state index contributed by atoms with van der Waals surface area (Å²) in [7, 11) is 0.